The summed E-state index contributed by atoms with van der Waals surface area (Å²) in [5.74, 6) is 0. The lowest BCUT2D eigenvalue weighted by molar-refractivity contribution is 0.204. The molecular formula is C16H22N4O. The van der Waals surface area contributed by atoms with Crippen molar-refractivity contribution in [3.05, 3.63) is 30.5 Å². The first-order valence-corrected chi connectivity index (χ1v) is 7.56. The van der Waals surface area contributed by atoms with Gasteiger partial charge < -0.3 is 15.0 Å². The second-order valence-corrected chi connectivity index (χ2v) is 5.48. The van der Waals surface area contributed by atoms with Crippen LogP contribution in [-0.4, -0.2) is 49.6 Å². The number of hydrogen-bond donors (Lipinski definition) is 1. The molecule has 5 nitrogen and oxygen atoms in total. The lowest BCUT2D eigenvalue weighted by Crippen LogP contribution is -2.39. The Labute approximate surface area is 125 Å². The van der Waals surface area contributed by atoms with E-state index in [4.69, 9.17) is 4.74 Å². The summed E-state index contributed by atoms with van der Waals surface area (Å²) in [6.45, 7) is 3.69. The highest BCUT2D eigenvalue weighted by Crippen LogP contribution is 2.24. The average molecular weight is 286 g/mol. The van der Waals surface area contributed by atoms with E-state index in [1.54, 1.807) is 7.11 Å². The Kier molecular flexibility index (Phi) is 4.62. The summed E-state index contributed by atoms with van der Waals surface area (Å²) in [4.78, 5) is 2.36. The van der Waals surface area contributed by atoms with E-state index in [2.05, 4.69) is 32.5 Å². The Morgan fingerprint density at radius 2 is 2.29 bits per heavy atom. The van der Waals surface area contributed by atoms with Crippen LogP contribution in [0.1, 0.15) is 12.8 Å². The quantitative estimate of drug-likeness (QED) is 0.878. The Morgan fingerprint density at radius 3 is 3.10 bits per heavy atom. The van der Waals surface area contributed by atoms with Crippen LogP contribution in [0.4, 0.5) is 5.69 Å². The minimum atomic E-state index is 0.550. The average Bonchev–Trinajstić information content (AvgIpc) is 3.04. The molecule has 1 aliphatic rings. The van der Waals surface area contributed by atoms with Crippen LogP contribution in [0, 0.1) is 0 Å². The van der Waals surface area contributed by atoms with E-state index >= 15 is 0 Å². The lowest BCUT2D eigenvalue weighted by atomic mass is 10.1. The van der Waals surface area contributed by atoms with Crippen molar-refractivity contribution in [1.82, 2.24) is 15.5 Å². The van der Waals surface area contributed by atoms with Gasteiger partial charge in [-0.3, -0.25) is 0 Å². The van der Waals surface area contributed by atoms with Crippen LogP contribution in [-0.2, 0) is 4.74 Å². The number of hydrogen-bond acceptors (Lipinski definition) is 5. The molecule has 1 atom stereocenters. The summed E-state index contributed by atoms with van der Waals surface area (Å²) < 4.78 is 5.27. The van der Waals surface area contributed by atoms with Gasteiger partial charge in [-0.15, -0.1) is 0 Å². The van der Waals surface area contributed by atoms with Gasteiger partial charge in [0.05, 0.1) is 24.0 Å². The molecule has 1 saturated heterocycles. The number of anilines is 1. The maximum Gasteiger partial charge on any atom is 0.0950 e. The van der Waals surface area contributed by atoms with Crippen molar-refractivity contribution >= 4 is 16.6 Å². The molecule has 1 aliphatic heterocycles. The fourth-order valence-corrected chi connectivity index (χ4v) is 2.93. The number of aromatic nitrogens is 2. The minimum absolute atomic E-state index is 0.550. The Morgan fingerprint density at radius 1 is 1.38 bits per heavy atom. The van der Waals surface area contributed by atoms with Gasteiger partial charge in [-0.25, -0.2) is 0 Å². The summed E-state index contributed by atoms with van der Waals surface area (Å²) in [7, 11) is 1.74. The number of nitrogens with zero attached hydrogens (tertiary/aromatic N) is 3. The van der Waals surface area contributed by atoms with Crippen molar-refractivity contribution < 1.29 is 4.74 Å². The molecule has 0 amide bonds. The fourth-order valence-electron chi connectivity index (χ4n) is 2.93. The molecule has 0 saturated carbocycles. The van der Waals surface area contributed by atoms with E-state index in [1.165, 1.54) is 12.8 Å². The molecule has 1 N–H and O–H groups in total. The molecular weight excluding hydrogens is 264 g/mol. The Hall–Kier alpha value is -1.72. The zero-order valence-electron chi connectivity index (χ0n) is 12.5. The van der Waals surface area contributed by atoms with Crippen LogP contribution >= 0.6 is 0 Å². The number of nitrogens with one attached hydrogen (secondary N) is 1. The summed E-state index contributed by atoms with van der Waals surface area (Å²) in [6, 6.07) is 8.72. The van der Waals surface area contributed by atoms with Crippen molar-refractivity contribution in [3.63, 3.8) is 0 Å². The highest BCUT2D eigenvalue weighted by atomic mass is 16.5. The number of benzene rings is 1. The monoisotopic (exact) mass is 286 g/mol. The van der Waals surface area contributed by atoms with Gasteiger partial charge in [0.2, 0.25) is 0 Å². The molecule has 2 aromatic rings. The van der Waals surface area contributed by atoms with E-state index in [-0.39, 0.29) is 0 Å². The van der Waals surface area contributed by atoms with Crippen LogP contribution in [0.5, 0.6) is 0 Å². The third-order valence-corrected chi connectivity index (χ3v) is 4.03. The summed E-state index contributed by atoms with van der Waals surface area (Å²) in [6.07, 6.45) is 4.37. The molecule has 1 unspecified atom stereocenters. The molecule has 0 radical (unpaired) electrons. The second kappa shape index (κ2) is 6.83. The number of rotatable bonds is 6. The number of methoxy groups -OCH3 is 1. The van der Waals surface area contributed by atoms with E-state index in [1.807, 2.05) is 18.3 Å². The van der Waals surface area contributed by atoms with Gasteiger partial charge in [0, 0.05) is 31.6 Å². The molecule has 0 bridgehead atoms. The SMILES string of the molecule is COCCN(CC1CCCN1)c1cnnc2ccccc12. The van der Waals surface area contributed by atoms with Gasteiger partial charge in [0.25, 0.3) is 0 Å². The van der Waals surface area contributed by atoms with E-state index in [0.29, 0.717) is 12.6 Å². The van der Waals surface area contributed by atoms with Crippen molar-refractivity contribution in [3.8, 4) is 0 Å². The minimum Gasteiger partial charge on any atom is -0.383 e. The van der Waals surface area contributed by atoms with Crippen molar-refractivity contribution in [1.29, 1.82) is 0 Å². The zero-order chi connectivity index (χ0) is 14.5. The van der Waals surface area contributed by atoms with Gasteiger partial charge >= 0.3 is 0 Å². The van der Waals surface area contributed by atoms with E-state index < -0.39 is 0 Å². The first-order valence-electron chi connectivity index (χ1n) is 7.56. The van der Waals surface area contributed by atoms with Crippen molar-refractivity contribution in [2.24, 2.45) is 0 Å². The Balaban J connectivity index is 1.89. The first kappa shape index (κ1) is 14.2. The zero-order valence-corrected chi connectivity index (χ0v) is 12.5. The summed E-state index contributed by atoms with van der Waals surface area (Å²) >= 11 is 0. The van der Waals surface area contributed by atoms with Crippen LogP contribution in [0.25, 0.3) is 10.9 Å². The van der Waals surface area contributed by atoms with Crippen LogP contribution in [0.15, 0.2) is 30.5 Å². The molecule has 1 aromatic carbocycles. The Bertz CT molecular complexity index is 578. The molecule has 3 rings (SSSR count). The summed E-state index contributed by atoms with van der Waals surface area (Å²) in [5, 5.41) is 13.1. The van der Waals surface area contributed by atoms with Crippen molar-refractivity contribution in [2.75, 3.05) is 38.3 Å². The third-order valence-electron chi connectivity index (χ3n) is 4.03. The van der Waals surface area contributed by atoms with Crippen LogP contribution in [0.2, 0.25) is 0 Å². The highest BCUT2D eigenvalue weighted by molar-refractivity contribution is 5.90. The standard InChI is InChI=1S/C16H22N4O/c1-21-10-9-20(12-13-5-4-8-17-13)16-11-18-19-15-7-3-2-6-14(15)16/h2-3,6-7,11,13,17H,4-5,8-10,12H2,1H3. The molecule has 2 heterocycles. The predicted octanol–water partition coefficient (Wildman–Crippen LogP) is 1.83. The van der Waals surface area contributed by atoms with E-state index in [0.717, 1.165) is 36.2 Å². The predicted molar refractivity (Wildman–Crippen MR) is 84.7 cm³/mol. The van der Waals surface area contributed by atoms with Gasteiger partial charge in [-0.1, -0.05) is 18.2 Å². The number of ether oxygens (including phenoxy) is 1. The molecule has 1 fully saturated rings. The van der Waals surface area contributed by atoms with Crippen molar-refractivity contribution in [2.45, 2.75) is 18.9 Å². The molecule has 1 aromatic heterocycles. The third kappa shape index (κ3) is 3.31. The molecule has 0 spiro atoms. The van der Waals surface area contributed by atoms with Crippen LogP contribution in [0.3, 0.4) is 0 Å². The molecule has 21 heavy (non-hydrogen) atoms. The fraction of sp³-hybridized carbons (Fsp3) is 0.500. The van der Waals surface area contributed by atoms with Gasteiger partial charge in [-0.2, -0.15) is 10.2 Å². The number of fused-ring (bicyclic) bond motifs is 1. The summed E-state index contributed by atoms with van der Waals surface area (Å²) in [5.41, 5.74) is 2.09. The van der Waals surface area contributed by atoms with Gasteiger partial charge in [0.15, 0.2) is 0 Å². The van der Waals surface area contributed by atoms with Gasteiger partial charge in [-0.05, 0) is 25.5 Å². The highest BCUT2D eigenvalue weighted by Gasteiger charge is 2.19. The van der Waals surface area contributed by atoms with Gasteiger partial charge in [0.1, 0.15) is 0 Å². The lowest BCUT2D eigenvalue weighted by Gasteiger charge is -2.28. The molecule has 0 aliphatic carbocycles. The maximum absolute atomic E-state index is 5.27. The second-order valence-electron chi connectivity index (χ2n) is 5.48. The van der Waals surface area contributed by atoms with Crippen LogP contribution < -0.4 is 10.2 Å². The molecule has 5 heteroatoms. The molecule has 112 valence electrons. The first-order chi connectivity index (χ1) is 10.4. The topological polar surface area (TPSA) is 50.3 Å². The largest absolute Gasteiger partial charge is 0.383 e. The van der Waals surface area contributed by atoms with E-state index in [9.17, 15) is 0 Å². The normalized spacial score (nSPS) is 18.2. The maximum atomic E-state index is 5.27. The smallest absolute Gasteiger partial charge is 0.0950 e.